The molecule has 1 aliphatic carbocycles. The Labute approximate surface area is 225 Å². The van der Waals surface area contributed by atoms with Crippen LogP contribution in [0.4, 0.5) is 18.9 Å². The molecule has 1 aliphatic heterocycles. The molecule has 10 heteroatoms. The van der Waals surface area contributed by atoms with Crippen molar-refractivity contribution in [2.75, 3.05) is 31.6 Å². The van der Waals surface area contributed by atoms with Gasteiger partial charge in [0.1, 0.15) is 0 Å². The standard InChI is InChI=1S/C28H33ClF3N3O3/c1-34(26(37)27(38,28(30,31)32)20-7-3-2-4-8-20)15-5-6-19-13-16-35(17-14-19)22-11-12-23(24(29)18-22)25(36)33-21-9-10-21/h2-4,7-8,11-12,18-19,21,38H,5-6,9-10,13-17H2,1H3,(H,33,36). The molecule has 0 aromatic heterocycles. The number of alkyl halides is 3. The molecular weight excluding hydrogens is 519 g/mol. The Morgan fingerprint density at radius 3 is 2.32 bits per heavy atom. The maximum absolute atomic E-state index is 13.8. The summed E-state index contributed by atoms with van der Waals surface area (Å²) in [7, 11) is 1.29. The number of nitrogens with one attached hydrogen (secondary N) is 1. The van der Waals surface area contributed by atoms with E-state index in [0.29, 0.717) is 22.9 Å². The lowest BCUT2D eigenvalue weighted by atomic mass is 9.90. The van der Waals surface area contributed by atoms with Crippen LogP contribution in [-0.2, 0) is 10.4 Å². The van der Waals surface area contributed by atoms with Crippen LogP contribution in [0, 0.1) is 5.92 Å². The van der Waals surface area contributed by atoms with Crippen molar-refractivity contribution in [3.05, 3.63) is 64.7 Å². The van der Waals surface area contributed by atoms with Crippen LogP contribution >= 0.6 is 11.6 Å². The molecule has 0 radical (unpaired) electrons. The van der Waals surface area contributed by atoms with Gasteiger partial charge in [0.25, 0.3) is 17.4 Å². The number of halogens is 4. The van der Waals surface area contributed by atoms with E-state index >= 15 is 0 Å². The number of piperidine rings is 1. The van der Waals surface area contributed by atoms with Crippen molar-refractivity contribution in [1.82, 2.24) is 10.2 Å². The van der Waals surface area contributed by atoms with Crippen LogP contribution in [0.25, 0.3) is 0 Å². The molecule has 0 spiro atoms. The fraction of sp³-hybridized carbons (Fsp3) is 0.500. The van der Waals surface area contributed by atoms with Crippen LogP contribution in [-0.4, -0.2) is 60.7 Å². The lowest BCUT2D eigenvalue weighted by molar-refractivity contribution is -0.261. The van der Waals surface area contributed by atoms with E-state index in [9.17, 15) is 27.9 Å². The summed E-state index contributed by atoms with van der Waals surface area (Å²) in [5, 5.41) is 13.9. The van der Waals surface area contributed by atoms with E-state index in [-0.39, 0.29) is 18.5 Å². The number of carbonyl (C=O) groups is 2. The van der Waals surface area contributed by atoms with Crippen LogP contribution < -0.4 is 10.2 Å². The number of hydrogen-bond acceptors (Lipinski definition) is 4. The molecule has 6 nitrogen and oxygen atoms in total. The third-order valence-electron chi connectivity index (χ3n) is 7.45. The van der Waals surface area contributed by atoms with Gasteiger partial charge in [-0.15, -0.1) is 0 Å². The van der Waals surface area contributed by atoms with Gasteiger partial charge in [0.15, 0.2) is 0 Å². The van der Waals surface area contributed by atoms with E-state index < -0.39 is 23.2 Å². The smallest absolute Gasteiger partial charge is 0.371 e. The second-order valence-electron chi connectivity index (χ2n) is 10.3. The average Bonchev–Trinajstić information content (AvgIpc) is 3.71. The monoisotopic (exact) mass is 551 g/mol. The summed E-state index contributed by atoms with van der Waals surface area (Å²) in [5.74, 6) is -1.15. The summed E-state index contributed by atoms with van der Waals surface area (Å²) in [6, 6.07) is 12.2. The molecule has 2 amide bonds. The zero-order valence-electron chi connectivity index (χ0n) is 21.3. The molecule has 1 atom stereocenters. The Morgan fingerprint density at radius 1 is 1.08 bits per heavy atom. The summed E-state index contributed by atoms with van der Waals surface area (Å²) in [4.78, 5) is 28.2. The highest BCUT2D eigenvalue weighted by Gasteiger charge is 2.61. The quantitative estimate of drug-likeness (QED) is 0.453. The summed E-state index contributed by atoms with van der Waals surface area (Å²) in [5.41, 5.74) is -2.65. The van der Waals surface area contributed by atoms with E-state index in [2.05, 4.69) is 10.2 Å². The molecule has 2 aromatic carbocycles. The second kappa shape index (κ2) is 11.5. The maximum atomic E-state index is 13.8. The molecule has 2 aliphatic rings. The molecule has 4 rings (SSSR count). The van der Waals surface area contributed by atoms with Gasteiger partial charge in [0.05, 0.1) is 10.6 Å². The van der Waals surface area contributed by atoms with E-state index in [1.165, 1.54) is 25.2 Å². The lowest BCUT2D eigenvalue weighted by Crippen LogP contribution is -2.55. The van der Waals surface area contributed by atoms with Gasteiger partial charge in [0.2, 0.25) is 0 Å². The molecular formula is C28H33ClF3N3O3. The topological polar surface area (TPSA) is 72.9 Å². The highest BCUT2D eigenvalue weighted by Crippen LogP contribution is 2.40. The maximum Gasteiger partial charge on any atom is 0.430 e. The van der Waals surface area contributed by atoms with Crippen molar-refractivity contribution in [2.24, 2.45) is 5.92 Å². The van der Waals surface area contributed by atoms with Crippen molar-refractivity contribution < 1.29 is 27.9 Å². The molecule has 1 unspecified atom stereocenters. The Bertz CT molecular complexity index is 1140. The Morgan fingerprint density at radius 2 is 1.74 bits per heavy atom. The summed E-state index contributed by atoms with van der Waals surface area (Å²) in [6.45, 7) is 1.71. The fourth-order valence-electron chi connectivity index (χ4n) is 4.94. The van der Waals surface area contributed by atoms with Gasteiger partial charge < -0.3 is 20.2 Å². The molecule has 0 bridgehead atoms. The number of aliphatic hydroxyl groups is 1. The minimum absolute atomic E-state index is 0.115. The van der Waals surface area contributed by atoms with Crippen LogP contribution in [0.2, 0.25) is 5.02 Å². The van der Waals surface area contributed by atoms with Crippen molar-refractivity contribution in [2.45, 2.75) is 56.3 Å². The fourth-order valence-corrected chi connectivity index (χ4v) is 5.20. The number of rotatable bonds is 9. The first-order chi connectivity index (χ1) is 18.0. The highest BCUT2D eigenvalue weighted by atomic mass is 35.5. The Balaban J connectivity index is 1.26. The molecule has 38 heavy (non-hydrogen) atoms. The zero-order valence-corrected chi connectivity index (χ0v) is 22.1. The predicted octanol–water partition coefficient (Wildman–Crippen LogP) is 5.14. The first-order valence-electron chi connectivity index (χ1n) is 13.0. The van der Waals surface area contributed by atoms with E-state index in [4.69, 9.17) is 11.6 Å². The van der Waals surface area contributed by atoms with Crippen molar-refractivity contribution in [3.63, 3.8) is 0 Å². The minimum Gasteiger partial charge on any atom is -0.371 e. The van der Waals surface area contributed by atoms with E-state index in [0.717, 1.165) is 67.9 Å². The third-order valence-corrected chi connectivity index (χ3v) is 7.77. The van der Waals surface area contributed by atoms with Crippen molar-refractivity contribution >= 4 is 29.1 Å². The van der Waals surface area contributed by atoms with Crippen LogP contribution in [0.1, 0.15) is 54.4 Å². The number of likely N-dealkylation sites (N-methyl/N-ethyl adjacent to an activating group) is 1. The molecule has 206 valence electrons. The lowest BCUT2D eigenvalue weighted by Gasteiger charge is -2.35. The number of benzene rings is 2. The highest BCUT2D eigenvalue weighted by molar-refractivity contribution is 6.34. The van der Waals surface area contributed by atoms with Crippen LogP contribution in [0.15, 0.2) is 48.5 Å². The number of carbonyl (C=O) groups excluding carboxylic acids is 2. The van der Waals surface area contributed by atoms with Gasteiger partial charge in [-0.2, -0.15) is 13.2 Å². The first kappa shape index (κ1) is 28.2. The largest absolute Gasteiger partial charge is 0.430 e. The van der Waals surface area contributed by atoms with Crippen molar-refractivity contribution in [3.8, 4) is 0 Å². The van der Waals surface area contributed by atoms with Gasteiger partial charge >= 0.3 is 6.18 Å². The normalized spacial score (nSPS) is 18.1. The van der Waals surface area contributed by atoms with Gasteiger partial charge in [-0.25, -0.2) is 0 Å². The third kappa shape index (κ3) is 6.26. The van der Waals surface area contributed by atoms with Crippen LogP contribution in [0.3, 0.4) is 0 Å². The predicted molar refractivity (Wildman–Crippen MR) is 140 cm³/mol. The Kier molecular flexibility index (Phi) is 8.57. The van der Waals surface area contributed by atoms with Gasteiger partial charge in [0, 0.05) is 44.0 Å². The average molecular weight is 552 g/mol. The summed E-state index contributed by atoms with van der Waals surface area (Å²) < 4.78 is 41.4. The SMILES string of the molecule is CN(CCCC1CCN(c2ccc(C(=O)NC3CC3)c(Cl)c2)CC1)C(=O)C(O)(c1ccccc1)C(F)(F)F. The zero-order chi connectivity index (χ0) is 27.5. The van der Waals surface area contributed by atoms with Gasteiger partial charge in [-0.05, 0) is 62.6 Å². The van der Waals surface area contributed by atoms with E-state index in [1.54, 1.807) is 6.07 Å². The molecule has 2 N–H and O–H groups in total. The molecule has 1 heterocycles. The van der Waals surface area contributed by atoms with Crippen molar-refractivity contribution in [1.29, 1.82) is 0 Å². The molecule has 2 aromatic rings. The number of anilines is 1. The van der Waals surface area contributed by atoms with Gasteiger partial charge in [-0.3, -0.25) is 9.59 Å². The number of nitrogens with zero attached hydrogens (tertiary/aromatic N) is 2. The second-order valence-corrected chi connectivity index (χ2v) is 10.7. The summed E-state index contributed by atoms with van der Waals surface area (Å²) >= 11 is 6.39. The molecule has 1 saturated heterocycles. The number of hydrogen-bond donors (Lipinski definition) is 2. The first-order valence-corrected chi connectivity index (χ1v) is 13.3. The molecule has 1 saturated carbocycles. The Hall–Kier alpha value is -2.78. The minimum atomic E-state index is -5.14. The van der Waals surface area contributed by atoms with Crippen LogP contribution in [0.5, 0.6) is 0 Å². The van der Waals surface area contributed by atoms with Gasteiger partial charge in [-0.1, -0.05) is 41.9 Å². The number of amides is 2. The summed E-state index contributed by atoms with van der Waals surface area (Å²) in [6.07, 6.45) is -0.0343. The van der Waals surface area contributed by atoms with E-state index in [1.807, 2.05) is 12.1 Å². The molecule has 2 fully saturated rings.